The molecule has 1 fully saturated rings. The number of pyridine rings is 1. The van der Waals surface area contributed by atoms with Crippen molar-refractivity contribution in [1.29, 1.82) is 5.26 Å². The fourth-order valence-corrected chi connectivity index (χ4v) is 2.90. The number of nitrogens with zero attached hydrogens (tertiary/aromatic N) is 2. The minimum atomic E-state index is -0.341. The Morgan fingerprint density at radius 3 is 2.88 bits per heavy atom. The molecule has 2 N–H and O–H groups in total. The zero-order valence-corrected chi connectivity index (χ0v) is 15.7. The van der Waals surface area contributed by atoms with Gasteiger partial charge in [-0.25, -0.2) is 4.98 Å². The molecule has 2 heterocycles. The molecule has 6 nitrogen and oxygen atoms in total. The molecule has 1 atom stereocenters. The number of halogens is 2. The maximum Gasteiger partial charge on any atom is 0.255 e. The highest BCUT2D eigenvalue weighted by atomic mass is 35.5. The lowest BCUT2D eigenvalue weighted by molar-refractivity contribution is 0.0277. The number of carbonyl (C=O) groups is 1. The summed E-state index contributed by atoms with van der Waals surface area (Å²) < 4.78 is 5.70. The highest BCUT2D eigenvalue weighted by molar-refractivity contribution is 6.34. The highest BCUT2D eigenvalue weighted by Gasteiger charge is 2.17. The third-order valence-corrected chi connectivity index (χ3v) is 4.18. The molecule has 0 bridgehead atoms. The van der Waals surface area contributed by atoms with Crippen LogP contribution in [0, 0.1) is 18.3 Å². The van der Waals surface area contributed by atoms with Crippen LogP contribution in [0.4, 0.5) is 5.69 Å². The van der Waals surface area contributed by atoms with Gasteiger partial charge in [0.2, 0.25) is 0 Å². The van der Waals surface area contributed by atoms with Gasteiger partial charge in [0.25, 0.3) is 5.91 Å². The van der Waals surface area contributed by atoms with Crippen LogP contribution in [0.5, 0.6) is 0 Å². The van der Waals surface area contributed by atoms with Crippen LogP contribution in [-0.4, -0.2) is 30.6 Å². The van der Waals surface area contributed by atoms with Crippen molar-refractivity contribution in [2.24, 2.45) is 0 Å². The van der Waals surface area contributed by atoms with Gasteiger partial charge >= 0.3 is 0 Å². The molecule has 1 aromatic carbocycles. The molecular formula is C18H18Cl2N4O2. The third kappa shape index (κ3) is 4.71. The van der Waals surface area contributed by atoms with Crippen molar-refractivity contribution in [3.8, 4) is 6.07 Å². The van der Waals surface area contributed by atoms with E-state index in [2.05, 4.69) is 15.6 Å². The number of hydrogen-bond acceptors (Lipinski definition) is 5. The van der Waals surface area contributed by atoms with E-state index >= 15 is 0 Å². The van der Waals surface area contributed by atoms with Crippen LogP contribution < -0.4 is 10.6 Å². The third-order valence-electron chi connectivity index (χ3n) is 3.87. The van der Waals surface area contributed by atoms with Crippen LogP contribution in [0.15, 0.2) is 30.3 Å². The fraction of sp³-hybridized carbons (Fsp3) is 0.278. The first kappa shape index (κ1) is 20.1. The summed E-state index contributed by atoms with van der Waals surface area (Å²) in [6.07, 6.45) is -0.0444. The summed E-state index contributed by atoms with van der Waals surface area (Å²) in [6, 6.07) is 10.5. The Kier molecular flexibility index (Phi) is 6.95. The van der Waals surface area contributed by atoms with E-state index in [0.717, 1.165) is 18.7 Å². The molecule has 1 amide bonds. The molecule has 26 heavy (non-hydrogen) atoms. The largest absolute Gasteiger partial charge is 0.371 e. The van der Waals surface area contributed by atoms with E-state index < -0.39 is 0 Å². The number of hydrogen-bond donors (Lipinski definition) is 2. The summed E-state index contributed by atoms with van der Waals surface area (Å²) in [5.41, 5.74) is 2.64. The summed E-state index contributed by atoms with van der Waals surface area (Å²) in [6.45, 7) is 3.96. The van der Waals surface area contributed by atoms with Gasteiger partial charge in [-0.15, -0.1) is 12.4 Å². The molecule has 0 saturated carbocycles. The predicted molar refractivity (Wildman–Crippen MR) is 102 cm³/mol. The smallest absolute Gasteiger partial charge is 0.255 e. The number of aryl methyl sites for hydroxylation is 1. The molecular weight excluding hydrogens is 375 g/mol. The van der Waals surface area contributed by atoms with Gasteiger partial charge in [0.15, 0.2) is 0 Å². The van der Waals surface area contributed by atoms with Crippen LogP contribution in [0.2, 0.25) is 5.02 Å². The predicted octanol–water partition coefficient (Wildman–Crippen LogP) is 3.25. The molecule has 136 valence electrons. The number of benzene rings is 1. The van der Waals surface area contributed by atoms with Crippen molar-refractivity contribution in [2.45, 2.75) is 13.0 Å². The molecule has 3 rings (SSSR count). The Bertz CT molecular complexity index is 846. The van der Waals surface area contributed by atoms with Gasteiger partial charge in [-0.2, -0.15) is 5.26 Å². The van der Waals surface area contributed by atoms with Gasteiger partial charge in [-0.1, -0.05) is 17.7 Å². The Balaban J connectivity index is 0.00000243. The second kappa shape index (κ2) is 8.97. The minimum absolute atomic E-state index is 0. The van der Waals surface area contributed by atoms with Gasteiger partial charge in [0.1, 0.15) is 11.8 Å². The lowest BCUT2D eigenvalue weighted by atomic mass is 10.1. The quantitative estimate of drug-likeness (QED) is 0.836. The van der Waals surface area contributed by atoms with Crippen LogP contribution in [0.1, 0.15) is 33.4 Å². The van der Waals surface area contributed by atoms with E-state index in [4.69, 9.17) is 21.6 Å². The molecule has 1 unspecified atom stereocenters. The number of carbonyl (C=O) groups excluding carboxylic acids is 1. The van der Waals surface area contributed by atoms with Gasteiger partial charge < -0.3 is 15.4 Å². The number of nitriles is 1. The average molecular weight is 393 g/mol. The highest BCUT2D eigenvalue weighted by Crippen LogP contribution is 2.28. The van der Waals surface area contributed by atoms with Crippen LogP contribution in [0.3, 0.4) is 0 Å². The van der Waals surface area contributed by atoms with Crippen molar-refractivity contribution in [3.05, 3.63) is 57.9 Å². The van der Waals surface area contributed by atoms with Crippen LogP contribution in [-0.2, 0) is 4.74 Å². The summed E-state index contributed by atoms with van der Waals surface area (Å²) >= 11 is 6.31. The van der Waals surface area contributed by atoms with Gasteiger partial charge in [-0.05, 0) is 36.8 Å². The fourth-order valence-electron chi connectivity index (χ4n) is 2.66. The van der Waals surface area contributed by atoms with Gasteiger partial charge in [-0.3, -0.25) is 4.79 Å². The molecule has 1 saturated heterocycles. The topological polar surface area (TPSA) is 87.0 Å². The molecule has 1 aliphatic heterocycles. The van der Waals surface area contributed by atoms with Crippen molar-refractivity contribution < 1.29 is 9.53 Å². The summed E-state index contributed by atoms with van der Waals surface area (Å²) in [4.78, 5) is 16.5. The first-order valence-electron chi connectivity index (χ1n) is 7.89. The molecule has 1 aliphatic rings. The monoisotopic (exact) mass is 392 g/mol. The number of ether oxygens (including phenoxy) is 1. The molecule has 0 radical (unpaired) electrons. The average Bonchev–Trinajstić information content (AvgIpc) is 2.63. The summed E-state index contributed by atoms with van der Waals surface area (Å²) in [7, 11) is 0. The lowest BCUT2D eigenvalue weighted by Gasteiger charge is -2.24. The Morgan fingerprint density at radius 2 is 2.23 bits per heavy atom. The number of aromatic nitrogens is 1. The number of rotatable bonds is 3. The maximum atomic E-state index is 12.4. The molecule has 0 aliphatic carbocycles. The Hall–Kier alpha value is -2.17. The Labute approximate surface area is 162 Å². The number of anilines is 1. The maximum absolute atomic E-state index is 12.4. The van der Waals surface area contributed by atoms with Gasteiger partial charge in [0, 0.05) is 24.3 Å². The van der Waals surface area contributed by atoms with Crippen molar-refractivity contribution in [2.75, 3.05) is 25.0 Å². The lowest BCUT2D eigenvalue weighted by Crippen LogP contribution is -2.33. The number of amides is 1. The number of nitrogens with one attached hydrogen (secondary N) is 2. The minimum Gasteiger partial charge on any atom is -0.371 e. The van der Waals surface area contributed by atoms with Crippen molar-refractivity contribution in [3.63, 3.8) is 0 Å². The molecule has 2 aromatic rings. The first-order chi connectivity index (χ1) is 12.1. The van der Waals surface area contributed by atoms with E-state index in [1.54, 1.807) is 25.1 Å². The van der Waals surface area contributed by atoms with E-state index in [0.29, 0.717) is 28.6 Å². The summed E-state index contributed by atoms with van der Waals surface area (Å²) in [5.74, 6) is -0.341. The summed E-state index contributed by atoms with van der Waals surface area (Å²) in [5, 5.41) is 15.4. The zero-order valence-electron chi connectivity index (χ0n) is 14.1. The van der Waals surface area contributed by atoms with E-state index in [1.165, 1.54) is 6.07 Å². The van der Waals surface area contributed by atoms with E-state index in [-0.39, 0.29) is 30.1 Å². The Morgan fingerprint density at radius 1 is 1.42 bits per heavy atom. The second-order valence-electron chi connectivity index (χ2n) is 5.75. The van der Waals surface area contributed by atoms with Crippen LogP contribution in [0.25, 0.3) is 0 Å². The normalized spacial score (nSPS) is 16.3. The molecule has 8 heteroatoms. The number of morpholine rings is 1. The van der Waals surface area contributed by atoms with E-state index in [1.807, 2.05) is 12.1 Å². The first-order valence-corrected chi connectivity index (χ1v) is 8.26. The SMILES string of the molecule is Cc1cc(C(=O)Nc2ccc(C3CNCCO3)cc2Cl)cc(C#N)n1.Cl. The van der Waals surface area contributed by atoms with E-state index in [9.17, 15) is 4.79 Å². The molecule has 1 aromatic heterocycles. The van der Waals surface area contributed by atoms with Gasteiger partial charge in [0.05, 0.1) is 23.4 Å². The van der Waals surface area contributed by atoms with Crippen molar-refractivity contribution in [1.82, 2.24) is 10.3 Å². The standard InChI is InChI=1S/C18H17ClN4O2.ClH/c1-11-6-13(7-14(9-20)22-11)18(24)23-16-3-2-12(8-15(16)19)17-10-21-4-5-25-17;/h2-3,6-8,17,21H,4-5,10H2,1H3,(H,23,24);1H. The molecule has 0 spiro atoms. The van der Waals surface area contributed by atoms with Crippen molar-refractivity contribution >= 4 is 35.6 Å². The second-order valence-corrected chi connectivity index (χ2v) is 6.16. The van der Waals surface area contributed by atoms with Crippen LogP contribution >= 0.6 is 24.0 Å². The zero-order chi connectivity index (χ0) is 17.8.